The SMILES string of the molecule is CC1CN(c2ccc([C@H](C)N)cc2F)CC(C)N1C. The number of piperazine rings is 1. The molecule has 1 saturated heterocycles. The van der Waals surface area contributed by atoms with Crippen LogP contribution in [0.15, 0.2) is 18.2 Å². The number of halogens is 1. The fourth-order valence-corrected chi connectivity index (χ4v) is 2.66. The molecule has 1 aromatic carbocycles. The third-order valence-electron chi connectivity index (χ3n) is 4.20. The molecule has 0 radical (unpaired) electrons. The Balaban J connectivity index is 2.23. The van der Waals surface area contributed by atoms with E-state index >= 15 is 0 Å². The molecule has 19 heavy (non-hydrogen) atoms. The molecule has 2 unspecified atom stereocenters. The van der Waals surface area contributed by atoms with Gasteiger partial charge >= 0.3 is 0 Å². The van der Waals surface area contributed by atoms with Crippen molar-refractivity contribution < 1.29 is 4.39 Å². The highest BCUT2D eigenvalue weighted by Crippen LogP contribution is 2.26. The maximum Gasteiger partial charge on any atom is 0.146 e. The Morgan fingerprint density at radius 1 is 1.26 bits per heavy atom. The summed E-state index contributed by atoms with van der Waals surface area (Å²) in [7, 11) is 2.13. The van der Waals surface area contributed by atoms with Crippen molar-refractivity contribution in [2.24, 2.45) is 5.73 Å². The Kier molecular flexibility index (Phi) is 4.11. The first-order valence-electron chi connectivity index (χ1n) is 6.92. The van der Waals surface area contributed by atoms with Crippen LogP contribution in [-0.4, -0.2) is 37.1 Å². The van der Waals surface area contributed by atoms with Crippen LogP contribution in [-0.2, 0) is 0 Å². The van der Waals surface area contributed by atoms with Crippen molar-refractivity contribution in [3.05, 3.63) is 29.6 Å². The minimum Gasteiger partial charge on any atom is -0.366 e. The van der Waals surface area contributed by atoms with Gasteiger partial charge in [0.1, 0.15) is 5.82 Å². The van der Waals surface area contributed by atoms with Crippen LogP contribution in [0, 0.1) is 5.82 Å². The van der Waals surface area contributed by atoms with Crippen LogP contribution in [0.3, 0.4) is 0 Å². The zero-order chi connectivity index (χ0) is 14.2. The molecule has 1 aliphatic heterocycles. The second-order valence-electron chi connectivity index (χ2n) is 5.77. The predicted octanol–water partition coefficient (Wildman–Crippen LogP) is 2.37. The lowest BCUT2D eigenvalue weighted by Crippen LogP contribution is -2.55. The third-order valence-corrected chi connectivity index (χ3v) is 4.20. The summed E-state index contributed by atoms with van der Waals surface area (Å²) < 4.78 is 14.2. The smallest absolute Gasteiger partial charge is 0.146 e. The molecule has 4 heteroatoms. The molecule has 0 aliphatic carbocycles. The maximum absolute atomic E-state index is 14.2. The van der Waals surface area contributed by atoms with E-state index in [1.165, 1.54) is 0 Å². The van der Waals surface area contributed by atoms with Crippen LogP contribution in [0.5, 0.6) is 0 Å². The minimum atomic E-state index is -0.168. The molecule has 1 fully saturated rings. The minimum absolute atomic E-state index is 0.131. The molecule has 3 atom stereocenters. The average Bonchev–Trinajstić information content (AvgIpc) is 2.35. The largest absolute Gasteiger partial charge is 0.366 e. The van der Waals surface area contributed by atoms with Gasteiger partial charge in [0, 0.05) is 31.2 Å². The van der Waals surface area contributed by atoms with E-state index < -0.39 is 0 Å². The number of benzene rings is 1. The number of hydrogen-bond acceptors (Lipinski definition) is 3. The number of anilines is 1. The molecule has 1 aliphatic rings. The van der Waals surface area contributed by atoms with Crippen molar-refractivity contribution in [1.29, 1.82) is 0 Å². The van der Waals surface area contributed by atoms with Gasteiger partial charge in [0.15, 0.2) is 0 Å². The van der Waals surface area contributed by atoms with Gasteiger partial charge in [-0.25, -0.2) is 4.39 Å². The summed E-state index contributed by atoms with van der Waals surface area (Å²) in [4.78, 5) is 4.47. The van der Waals surface area contributed by atoms with Crippen LogP contribution in [0.4, 0.5) is 10.1 Å². The summed E-state index contributed by atoms with van der Waals surface area (Å²) in [6.45, 7) is 7.94. The Hall–Kier alpha value is -1.13. The summed E-state index contributed by atoms with van der Waals surface area (Å²) >= 11 is 0. The summed E-state index contributed by atoms with van der Waals surface area (Å²) in [5, 5.41) is 0. The first kappa shape index (κ1) is 14.3. The van der Waals surface area contributed by atoms with Gasteiger partial charge in [0.2, 0.25) is 0 Å². The van der Waals surface area contributed by atoms with Crippen molar-refractivity contribution in [3.8, 4) is 0 Å². The second kappa shape index (κ2) is 5.47. The summed E-state index contributed by atoms with van der Waals surface area (Å²) in [5.74, 6) is -0.168. The van der Waals surface area contributed by atoms with Crippen LogP contribution in [0.25, 0.3) is 0 Å². The second-order valence-corrected chi connectivity index (χ2v) is 5.77. The van der Waals surface area contributed by atoms with Gasteiger partial charge in [-0.05, 0) is 45.5 Å². The average molecular weight is 265 g/mol. The van der Waals surface area contributed by atoms with Gasteiger partial charge < -0.3 is 10.6 Å². The highest BCUT2D eigenvalue weighted by atomic mass is 19.1. The van der Waals surface area contributed by atoms with E-state index in [1.807, 2.05) is 19.1 Å². The molecule has 1 heterocycles. The number of nitrogens with zero attached hydrogens (tertiary/aromatic N) is 2. The fraction of sp³-hybridized carbons (Fsp3) is 0.600. The van der Waals surface area contributed by atoms with Crippen molar-refractivity contribution in [2.75, 3.05) is 25.0 Å². The van der Waals surface area contributed by atoms with Crippen LogP contribution in [0.1, 0.15) is 32.4 Å². The normalized spacial score (nSPS) is 26.5. The number of hydrogen-bond donors (Lipinski definition) is 1. The molecule has 2 N–H and O–H groups in total. The molecule has 0 bridgehead atoms. The van der Waals surface area contributed by atoms with E-state index in [2.05, 4.69) is 30.7 Å². The maximum atomic E-state index is 14.2. The highest BCUT2D eigenvalue weighted by Gasteiger charge is 2.27. The Morgan fingerprint density at radius 2 is 1.84 bits per heavy atom. The van der Waals surface area contributed by atoms with Gasteiger partial charge in [-0.2, -0.15) is 0 Å². The van der Waals surface area contributed by atoms with E-state index in [9.17, 15) is 4.39 Å². The predicted molar refractivity (Wildman–Crippen MR) is 77.9 cm³/mol. The van der Waals surface area contributed by atoms with Crippen molar-refractivity contribution >= 4 is 5.69 Å². The number of rotatable bonds is 2. The summed E-state index contributed by atoms with van der Waals surface area (Å²) in [6, 6.07) is 6.07. The Labute approximate surface area is 115 Å². The summed E-state index contributed by atoms with van der Waals surface area (Å²) in [6.07, 6.45) is 0. The number of likely N-dealkylation sites (N-methyl/N-ethyl adjacent to an activating group) is 1. The van der Waals surface area contributed by atoms with Gasteiger partial charge in [0.05, 0.1) is 5.69 Å². The van der Waals surface area contributed by atoms with Crippen LogP contribution < -0.4 is 10.6 Å². The molecule has 3 nitrogen and oxygen atoms in total. The molecule has 2 rings (SSSR count). The standard InChI is InChI=1S/C15H24FN3/c1-10-8-19(9-11(2)18(10)4)15-6-5-13(12(3)17)7-14(15)16/h5-7,10-12H,8-9,17H2,1-4H3/t10?,11?,12-/m0/s1. The summed E-state index contributed by atoms with van der Waals surface area (Å²) in [5.41, 5.74) is 7.32. The first-order valence-corrected chi connectivity index (χ1v) is 6.92. The van der Waals surface area contributed by atoms with E-state index in [0.29, 0.717) is 17.8 Å². The third kappa shape index (κ3) is 2.90. The van der Waals surface area contributed by atoms with Crippen molar-refractivity contribution in [2.45, 2.75) is 38.9 Å². The van der Waals surface area contributed by atoms with Gasteiger partial charge in [-0.3, -0.25) is 4.90 Å². The van der Waals surface area contributed by atoms with E-state index in [1.54, 1.807) is 6.07 Å². The quantitative estimate of drug-likeness (QED) is 0.891. The van der Waals surface area contributed by atoms with E-state index in [0.717, 1.165) is 18.7 Å². The first-order chi connectivity index (χ1) is 8.90. The van der Waals surface area contributed by atoms with Gasteiger partial charge in [-0.15, -0.1) is 0 Å². The zero-order valence-corrected chi connectivity index (χ0v) is 12.2. The van der Waals surface area contributed by atoms with E-state index in [4.69, 9.17) is 5.73 Å². The van der Waals surface area contributed by atoms with Crippen LogP contribution in [0.2, 0.25) is 0 Å². The lowest BCUT2D eigenvalue weighted by Gasteiger charge is -2.43. The monoisotopic (exact) mass is 265 g/mol. The molecule has 0 spiro atoms. The molecule has 106 valence electrons. The molecular weight excluding hydrogens is 241 g/mol. The molecule has 0 saturated carbocycles. The molecular formula is C15H24FN3. The lowest BCUT2D eigenvalue weighted by atomic mass is 10.1. The van der Waals surface area contributed by atoms with Crippen molar-refractivity contribution in [1.82, 2.24) is 4.90 Å². The Bertz CT molecular complexity index is 435. The zero-order valence-electron chi connectivity index (χ0n) is 12.2. The molecule has 1 aromatic rings. The van der Waals surface area contributed by atoms with E-state index in [-0.39, 0.29) is 11.9 Å². The molecule has 0 aromatic heterocycles. The van der Waals surface area contributed by atoms with Crippen LogP contribution >= 0.6 is 0 Å². The number of nitrogens with two attached hydrogens (primary N) is 1. The Morgan fingerprint density at radius 3 is 2.32 bits per heavy atom. The topological polar surface area (TPSA) is 32.5 Å². The highest BCUT2D eigenvalue weighted by molar-refractivity contribution is 5.50. The van der Waals surface area contributed by atoms with Crippen molar-refractivity contribution in [3.63, 3.8) is 0 Å². The van der Waals surface area contributed by atoms with Gasteiger partial charge in [0.25, 0.3) is 0 Å². The fourth-order valence-electron chi connectivity index (χ4n) is 2.66. The lowest BCUT2D eigenvalue weighted by molar-refractivity contribution is 0.169. The molecule has 0 amide bonds. The van der Waals surface area contributed by atoms with Gasteiger partial charge in [-0.1, -0.05) is 6.07 Å².